The number of rotatable bonds is 8. The smallest absolute Gasteiger partial charge is 0.0781 e. The van der Waals surface area contributed by atoms with Crippen molar-refractivity contribution >= 4 is 0 Å². The topological polar surface area (TPSA) is 39.1 Å². The molecule has 0 bridgehead atoms. The lowest BCUT2D eigenvalue weighted by atomic mass is 10.0. The van der Waals surface area contributed by atoms with Crippen LogP contribution in [0.15, 0.2) is 12.3 Å². The Labute approximate surface area is 104 Å². The van der Waals surface area contributed by atoms with Gasteiger partial charge in [0.1, 0.15) is 0 Å². The summed E-state index contributed by atoms with van der Waals surface area (Å²) in [6, 6.07) is 2.29. The Morgan fingerprint density at radius 3 is 2.65 bits per heavy atom. The van der Waals surface area contributed by atoms with Crippen LogP contribution in [0.2, 0.25) is 0 Å². The van der Waals surface area contributed by atoms with Crippen molar-refractivity contribution in [2.75, 3.05) is 13.7 Å². The minimum Gasteiger partial charge on any atom is -0.379 e. The van der Waals surface area contributed by atoms with Gasteiger partial charge >= 0.3 is 0 Å². The van der Waals surface area contributed by atoms with Gasteiger partial charge in [-0.1, -0.05) is 20.3 Å². The first kappa shape index (κ1) is 14.2. The highest BCUT2D eigenvalue weighted by Gasteiger charge is 2.23. The normalized spacial score (nSPS) is 14.8. The average molecular weight is 239 g/mol. The Morgan fingerprint density at radius 2 is 2.18 bits per heavy atom. The summed E-state index contributed by atoms with van der Waals surface area (Å²) >= 11 is 0. The van der Waals surface area contributed by atoms with Crippen LogP contribution in [0.1, 0.15) is 44.8 Å². The van der Waals surface area contributed by atoms with Crippen LogP contribution < -0.4 is 5.32 Å². The number of hydrogen-bond donors (Lipinski definition) is 1. The molecule has 1 heterocycles. The molecule has 0 aliphatic rings. The zero-order valence-corrected chi connectivity index (χ0v) is 11.4. The first-order valence-corrected chi connectivity index (χ1v) is 6.48. The molecule has 2 unspecified atom stereocenters. The molecule has 0 aliphatic carbocycles. The van der Waals surface area contributed by atoms with Crippen LogP contribution in [0.25, 0.3) is 0 Å². The van der Waals surface area contributed by atoms with Crippen molar-refractivity contribution in [1.29, 1.82) is 0 Å². The second-order valence-electron chi connectivity index (χ2n) is 4.37. The van der Waals surface area contributed by atoms with E-state index in [9.17, 15) is 0 Å². The Hall–Kier alpha value is -0.870. The van der Waals surface area contributed by atoms with E-state index in [1.54, 1.807) is 7.11 Å². The van der Waals surface area contributed by atoms with Crippen molar-refractivity contribution in [1.82, 2.24) is 15.1 Å². The zero-order valence-electron chi connectivity index (χ0n) is 11.4. The van der Waals surface area contributed by atoms with Crippen molar-refractivity contribution in [3.05, 3.63) is 18.0 Å². The molecule has 1 N–H and O–H groups in total. The lowest BCUT2D eigenvalue weighted by Crippen LogP contribution is -2.35. The molecule has 1 rings (SSSR count). The first-order valence-electron chi connectivity index (χ1n) is 6.48. The maximum absolute atomic E-state index is 5.63. The largest absolute Gasteiger partial charge is 0.379 e. The summed E-state index contributed by atoms with van der Waals surface area (Å²) in [5.74, 6) is 0. The molecule has 0 aromatic carbocycles. The zero-order chi connectivity index (χ0) is 12.7. The highest BCUT2D eigenvalue weighted by molar-refractivity contribution is 5.09. The van der Waals surface area contributed by atoms with Gasteiger partial charge < -0.3 is 10.1 Å². The van der Waals surface area contributed by atoms with E-state index >= 15 is 0 Å². The molecule has 0 saturated carbocycles. The lowest BCUT2D eigenvalue weighted by Gasteiger charge is -2.27. The third-order valence-corrected chi connectivity index (χ3v) is 3.04. The van der Waals surface area contributed by atoms with Gasteiger partial charge in [-0.15, -0.1) is 0 Å². The molecule has 2 atom stereocenters. The van der Waals surface area contributed by atoms with Crippen molar-refractivity contribution in [3.8, 4) is 0 Å². The van der Waals surface area contributed by atoms with E-state index < -0.39 is 0 Å². The fourth-order valence-corrected chi connectivity index (χ4v) is 2.12. The van der Waals surface area contributed by atoms with Crippen LogP contribution in [0, 0.1) is 0 Å². The molecule has 0 amide bonds. The molecule has 0 fully saturated rings. The van der Waals surface area contributed by atoms with E-state index in [1.165, 1.54) is 5.69 Å². The molecule has 1 aromatic rings. The van der Waals surface area contributed by atoms with Crippen LogP contribution in [-0.4, -0.2) is 29.5 Å². The number of ether oxygens (including phenoxy) is 1. The number of nitrogens with one attached hydrogen (secondary N) is 1. The minimum atomic E-state index is 0.210. The van der Waals surface area contributed by atoms with E-state index in [1.807, 2.05) is 17.9 Å². The minimum absolute atomic E-state index is 0.210. The summed E-state index contributed by atoms with van der Waals surface area (Å²) < 4.78 is 7.55. The monoisotopic (exact) mass is 239 g/mol. The molecule has 1 aromatic heterocycles. The van der Waals surface area contributed by atoms with Gasteiger partial charge in [0.15, 0.2) is 0 Å². The first-order chi connectivity index (χ1) is 8.24. The third-order valence-electron chi connectivity index (χ3n) is 3.04. The van der Waals surface area contributed by atoms with Crippen molar-refractivity contribution < 1.29 is 4.74 Å². The Balaban J connectivity index is 2.82. The van der Waals surface area contributed by atoms with Gasteiger partial charge in [0.2, 0.25) is 0 Å². The molecule has 4 heteroatoms. The third kappa shape index (κ3) is 3.82. The molecule has 0 saturated heterocycles. The fraction of sp³-hybridized carbons (Fsp3) is 0.769. The van der Waals surface area contributed by atoms with E-state index in [2.05, 4.69) is 30.3 Å². The Kier molecular flexibility index (Phi) is 6.22. The Bertz CT molecular complexity index is 311. The van der Waals surface area contributed by atoms with Gasteiger partial charge in [0.05, 0.1) is 17.8 Å². The summed E-state index contributed by atoms with van der Waals surface area (Å²) in [4.78, 5) is 0. The lowest BCUT2D eigenvalue weighted by molar-refractivity contribution is 0.0581. The van der Waals surface area contributed by atoms with E-state index in [4.69, 9.17) is 4.74 Å². The number of methoxy groups -OCH3 is 1. The molecular formula is C13H25N3O. The number of nitrogens with zero attached hydrogens (tertiary/aromatic N) is 2. The van der Waals surface area contributed by atoms with Gasteiger partial charge in [-0.25, -0.2) is 0 Å². The standard InChI is InChI=1S/C13H25N3O/c1-5-7-12(17-4)13(14-9-6-2)11-8-10-15-16(11)3/h8,10,12-14H,5-7,9H2,1-4H3. The van der Waals surface area contributed by atoms with Crippen LogP contribution in [0.5, 0.6) is 0 Å². The van der Waals surface area contributed by atoms with Crippen molar-refractivity contribution in [2.24, 2.45) is 7.05 Å². The average Bonchev–Trinajstić information content (AvgIpc) is 2.75. The summed E-state index contributed by atoms with van der Waals surface area (Å²) in [7, 11) is 3.77. The van der Waals surface area contributed by atoms with Crippen LogP contribution in [0.3, 0.4) is 0 Å². The molecule has 98 valence electrons. The van der Waals surface area contributed by atoms with E-state index in [0.717, 1.165) is 25.8 Å². The molecule has 0 radical (unpaired) electrons. The van der Waals surface area contributed by atoms with Gasteiger partial charge in [0, 0.05) is 20.4 Å². The quantitative estimate of drug-likeness (QED) is 0.756. The Morgan fingerprint density at radius 1 is 1.41 bits per heavy atom. The number of aryl methyl sites for hydroxylation is 1. The van der Waals surface area contributed by atoms with Gasteiger partial charge in [-0.2, -0.15) is 5.10 Å². The van der Waals surface area contributed by atoms with Crippen molar-refractivity contribution in [2.45, 2.75) is 45.3 Å². The van der Waals surface area contributed by atoms with Crippen LogP contribution in [0.4, 0.5) is 0 Å². The summed E-state index contributed by atoms with van der Waals surface area (Å²) in [6.45, 7) is 5.36. The summed E-state index contributed by atoms with van der Waals surface area (Å²) in [5.41, 5.74) is 1.19. The van der Waals surface area contributed by atoms with E-state index in [0.29, 0.717) is 0 Å². The summed E-state index contributed by atoms with van der Waals surface area (Å²) in [5, 5.41) is 7.81. The predicted molar refractivity (Wildman–Crippen MR) is 69.9 cm³/mol. The molecular weight excluding hydrogens is 214 g/mol. The second-order valence-corrected chi connectivity index (χ2v) is 4.37. The van der Waals surface area contributed by atoms with E-state index in [-0.39, 0.29) is 12.1 Å². The molecule has 0 aliphatic heterocycles. The van der Waals surface area contributed by atoms with Crippen molar-refractivity contribution in [3.63, 3.8) is 0 Å². The van der Waals surface area contributed by atoms with Crippen LogP contribution in [-0.2, 0) is 11.8 Å². The SMILES string of the molecule is CCCNC(c1ccnn1C)C(CCC)OC. The molecule has 0 spiro atoms. The van der Waals surface area contributed by atoms with Gasteiger partial charge in [-0.05, 0) is 25.5 Å². The predicted octanol–water partition coefficient (Wildman–Crippen LogP) is 2.28. The highest BCUT2D eigenvalue weighted by Crippen LogP contribution is 2.21. The maximum Gasteiger partial charge on any atom is 0.0781 e. The maximum atomic E-state index is 5.63. The summed E-state index contributed by atoms with van der Waals surface area (Å²) in [6.07, 6.45) is 5.36. The molecule has 4 nitrogen and oxygen atoms in total. The number of aromatic nitrogens is 2. The highest BCUT2D eigenvalue weighted by atomic mass is 16.5. The van der Waals surface area contributed by atoms with Gasteiger partial charge in [0.25, 0.3) is 0 Å². The number of hydrogen-bond acceptors (Lipinski definition) is 3. The molecule has 17 heavy (non-hydrogen) atoms. The van der Waals surface area contributed by atoms with Crippen LogP contribution >= 0.6 is 0 Å². The fourth-order valence-electron chi connectivity index (χ4n) is 2.12. The second kappa shape index (κ2) is 7.45. The van der Waals surface area contributed by atoms with Gasteiger partial charge in [-0.3, -0.25) is 4.68 Å².